The normalized spacial score (nSPS) is 24.9. The van der Waals surface area contributed by atoms with E-state index in [1.807, 2.05) is 80.5 Å². The molecule has 6 nitrogen and oxygen atoms in total. The van der Waals surface area contributed by atoms with E-state index in [1.165, 1.54) is 0 Å². The fourth-order valence-corrected chi connectivity index (χ4v) is 3.83. The highest BCUT2D eigenvalue weighted by molar-refractivity contribution is 6.65. The maximum absolute atomic E-state index is 13.0. The molecule has 0 bridgehead atoms. The Kier molecular flexibility index (Phi) is 5.77. The Balaban J connectivity index is 1.94. The van der Waals surface area contributed by atoms with E-state index < -0.39 is 35.7 Å². The number of benzene rings is 1. The van der Waals surface area contributed by atoms with Crippen LogP contribution >= 0.6 is 11.6 Å². The first kappa shape index (κ1) is 23.4. The number of carbonyl (C=O) groups excluding carboxylic acids is 1. The summed E-state index contributed by atoms with van der Waals surface area (Å²) in [7, 11) is -0.590. The number of hydrogen-bond donors (Lipinski definition) is 0. The van der Waals surface area contributed by atoms with Gasteiger partial charge in [-0.05, 0) is 73.9 Å². The van der Waals surface area contributed by atoms with E-state index in [-0.39, 0.29) is 6.04 Å². The van der Waals surface area contributed by atoms with Crippen molar-refractivity contribution in [3.8, 4) is 0 Å². The maximum Gasteiger partial charge on any atom is 0.496 e. The number of rotatable bonds is 2. The smallest absolute Gasteiger partial charge is 0.444 e. The van der Waals surface area contributed by atoms with Crippen molar-refractivity contribution in [2.45, 2.75) is 90.9 Å². The number of hydrogen-bond acceptors (Lipinski definition) is 5. The van der Waals surface area contributed by atoms with E-state index in [0.29, 0.717) is 11.6 Å². The van der Waals surface area contributed by atoms with Crippen molar-refractivity contribution in [3.05, 3.63) is 28.8 Å². The molecule has 0 saturated carbocycles. The molecule has 0 spiro atoms. The highest BCUT2D eigenvalue weighted by Gasteiger charge is 2.53. The van der Waals surface area contributed by atoms with Crippen LogP contribution in [0.3, 0.4) is 0 Å². The first-order chi connectivity index (χ1) is 13.5. The number of nitrogens with zero attached hydrogens (tertiary/aromatic N) is 1. The summed E-state index contributed by atoms with van der Waals surface area (Å²) in [6.07, 6.45) is -0.415. The first-order valence-electron chi connectivity index (χ1n) is 10.4. The van der Waals surface area contributed by atoms with Crippen LogP contribution in [-0.2, 0) is 18.8 Å². The second-order valence-electron chi connectivity index (χ2n) is 10.5. The summed E-state index contributed by atoms with van der Waals surface area (Å²) >= 11 is 6.51. The molecule has 1 amide bonds. The lowest BCUT2D eigenvalue weighted by atomic mass is 9.77. The van der Waals surface area contributed by atoms with E-state index in [0.717, 1.165) is 11.0 Å². The van der Waals surface area contributed by atoms with Crippen LogP contribution in [0, 0.1) is 0 Å². The van der Waals surface area contributed by atoms with Crippen molar-refractivity contribution in [2.24, 2.45) is 0 Å². The van der Waals surface area contributed by atoms with Gasteiger partial charge in [-0.15, -0.1) is 0 Å². The Morgan fingerprint density at radius 2 is 1.70 bits per heavy atom. The zero-order valence-electron chi connectivity index (χ0n) is 19.5. The lowest BCUT2D eigenvalue weighted by Crippen LogP contribution is -2.47. The summed E-state index contributed by atoms with van der Waals surface area (Å²) in [4.78, 5) is 14.6. The summed E-state index contributed by atoms with van der Waals surface area (Å²) in [5.41, 5.74) is -0.719. The number of carbonyl (C=O) groups is 1. The summed E-state index contributed by atoms with van der Waals surface area (Å²) < 4.78 is 24.0. The van der Waals surface area contributed by atoms with E-state index in [2.05, 4.69) is 0 Å². The van der Waals surface area contributed by atoms with Crippen LogP contribution in [0.15, 0.2) is 18.2 Å². The van der Waals surface area contributed by atoms with E-state index in [1.54, 1.807) is 4.90 Å². The highest BCUT2D eigenvalue weighted by Crippen LogP contribution is 2.40. The van der Waals surface area contributed by atoms with Crippen molar-refractivity contribution in [3.63, 3.8) is 0 Å². The molecule has 2 aliphatic heterocycles. The molecule has 0 aliphatic carbocycles. The van der Waals surface area contributed by atoms with Gasteiger partial charge in [0.05, 0.1) is 23.9 Å². The second-order valence-corrected chi connectivity index (χ2v) is 10.9. The molecular weight excluding hydrogens is 405 g/mol. The summed E-state index contributed by atoms with van der Waals surface area (Å²) in [5.74, 6) is 0. The van der Waals surface area contributed by atoms with Crippen LogP contribution < -0.4 is 5.46 Å². The molecule has 1 atom stereocenters. The van der Waals surface area contributed by atoms with Crippen molar-refractivity contribution >= 4 is 30.3 Å². The predicted octanol–water partition coefficient (Wildman–Crippen LogP) is 4.68. The lowest BCUT2D eigenvalue weighted by Gasteiger charge is -2.35. The van der Waals surface area contributed by atoms with Gasteiger partial charge in [0.25, 0.3) is 0 Å². The number of amides is 1. The Labute approximate surface area is 185 Å². The van der Waals surface area contributed by atoms with Gasteiger partial charge >= 0.3 is 13.2 Å². The van der Waals surface area contributed by atoms with Crippen LogP contribution in [-0.4, -0.2) is 47.2 Å². The monoisotopic (exact) mass is 437 g/mol. The Morgan fingerprint density at radius 3 is 2.23 bits per heavy atom. The molecule has 0 radical (unpaired) electrons. The first-order valence-corrected chi connectivity index (χ1v) is 10.7. The summed E-state index contributed by atoms with van der Waals surface area (Å²) in [5, 5.41) is 0.555. The molecule has 3 rings (SSSR count). The number of ether oxygens (including phenoxy) is 2. The SMILES string of the molecule is CC(C)(C)OC(=O)N1C(c2ccc(Cl)c(B3OC(C)(C)C(C)(C)O3)c2)COC1(C)C. The third kappa shape index (κ3) is 4.36. The molecule has 1 aromatic rings. The quantitative estimate of drug-likeness (QED) is 0.629. The standard InChI is InChI=1S/C22H33BClNO5/c1-19(2,3)28-18(26)25-17(13-27-22(25,8)9)14-10-11-16(24)15(12-14)23-29-20(4,5)21(6,7)30-23/h10-12,17H,13H2,1-9H3. The third-order valence-electron chi connectivity index (χ3n) is 5.99. The minimum absolute atomic E-state index is 0.312. The molecule has 1 unspecified atom stereocenters. The Morgan fingerprint density at radius 1 is 1.13 bits per heavy atom. The Bertz CT molecular complexity index is 817. The van der Waals surface area contributed by atoms with Crippen LogP contribution in [0.2, 0.25) is 5.02 Å². The fraction of sp³-hybridized carbons (Fsp3) is 0.682. The zero-order valence-corrected chi connectivity index (χ0v) is 20.2. The lowest BCUT2D eigenvalue weighted by molar-refractivity contribution is -0.0626. The van der Waals surface area contributed by atoms with Gasteiger partial charge < -0.3 is 18.8 Å². The van der Waals surface area contributed by atoms with Gasteiger partial charge in [0.1, 0.15) is 11.3 Å². The van der Waals surface area contributed by atoms with E-state index in [9.17, 15) is 4.79 Å². The van der Waals surface area contributed by atoms with Crippen molar-refractivity contribution < 1.29 is 23.6 Å². The van der Waals surface area contributed by atoms with Gasteiger partial charge in [-0.3, -0.25) is 4.90 Å². The minimum atomic E-state index is -0.795. The minimum Gasteiger partial charge on any atom is -0.444 e. The molecule has 166 valence electrons. The van der Waals surface area contributed by atoms with Crippen LogP contribution in [0.4, 0.5) is 4.79 Å². The largest absolute Gasteiger partial charge is 0.496 e. The van der Waals surface area contributed by atoms with Crippen molar-refractivity contribution in [2.75, 3.05) is 6.61 Å². The number of halogens is 1. The van der Waals surface area contributed by atoms with Gasteiger partial charge in [0.15, 0.2) is 0 Å². The molecule has 8 heteroatoms. The molecule has 0 aromatic heterocycles. The molecule has 1 aromatic carbocycles. The topological polar surface area (TPSA) is 57.2 Å². The van der Waals surface area contributed by atoms with Gasteiger partial charge in [0, 0.05) is 10.5 Å². The van der Waals surface area contributed by atoms with Crippen molar-refractivity contribution in [1.82, 2.24) is 4.90 Å². The molecule has 30 heavy (non-hydrogen) atoms. The zero-order chi connectivity index (χ0) is 22.7. The summed E-state index contributed by atoms with van der Waals surface area (Å²) in [6.45, 7) is 17.6. The predicted molar refractivity (Wildman–Crippen MR) is 118 cm³/mol. The van der Waals surface area contributed by atoms with E-state index >= 15 is 0 Å². The van der Waals surface area contributed by atoms with Gasteiger partial charge in [-0.25, -0.2) is 4.79 Å². The van der Waals surface area contributed by atoms with Gasteiger partial charge in [-0.2, -0.15) is 0 Å². The maximum atomic E-state index is 13.0. The molecule has 2 heterocycles. The average Bonchev–Trinajstić information content (AvgIpc) is 2.98. The van der Waals surface area contributed by atoms with Gasteiger partial charge in [0.2, 0.25) is 0 Å². The molecule has 2 fully saturated rings. The average molecular weight is 438 g/mol. The molecule has 0 N–H and O–H groups in total. The van der Waals surface area contributed by atoms with Crippen LogP contribution in [0.1, 0.15) is 73.9 Å². The highest BCUT2D eigenvalue weighted by atomic mass is 35.5. The van der Waals surface area contributed by atoms with Crippen molar-refractivity contribution in [1.29, 1.82) is 0 Å². The van der Waals surface area contributed by atoms with Gasteiger partial charge in [-0.1, -0.05) is 23.7 Å². The fourth-order valence-electron chi connectivity index (χ4n) is 3.63. The molecular formula is C22H33BClNO5. The van der Waals surface area contributed by atoms with Crippen LogP contribution in [0.25, 0.3) is 0 Å². The molecule has 2 saturated heterocycles. The molecule has 2 aliphatic rings. The summed E-state index contributed by atoms with van der Waals surface area (Å²) in [6, 6.07) is 5.35. The third-order valence-corrected chi connectivity index (χ3v) is 6.33. The second kappa shape index (κ2) is 7.40. The van der Waals surface area contributed by atoms with E-state index in [4.69, 9.17) is 30.4 Å². The van der Waals surface area contributed by atoms with Crippen LogP contribution in [0.5, 0.6) is 0 Å². The Hall–Kier alpha value is -1.28.